The van der Waals surface area contributed by atoms with Crippen molar-refractivity contribution in [1.82, 2.24) is 4.98 Å². The number of hydrogen-bond acceptors (Lipinski definition) is 4. The molecular formula is C13H17N3S. The average molecular weight is 247 g/mol. The number of benzene rings is 1. The van der Waals surface area contributed by atoms with Gasteiger partial charge in [-0.1, -0.05) is 13.0 Å². The number of aromatic nitrogens is 1. The number of rotatable bonds is 3. The van der Waals surface area contributed by atoms with Gasteiger partial charge >= 0.3 is 0 Å². The molecule has 0 bridgehead atoms. The van der Waals surface area contributed by atoms with Gasteiger partial charge in [-0.3, -0.25) is 0 Å². The van der Waals surface area contributed by atoms with Gasteiger partial charge in [-0.2, -0.15) is 0 Å². The number of nitrogen functional groups attached to an aromatic ring is 1. The standard InChI is InChI=1S/C13H17N3S/c1-4-12-9(3)17-13(16-12)15-10-6-5-8(2)11(14)7-10/h5-7H,4,14H2,1-3H3,(H,15,16). The van der Waals surface area contributed by atoms with Crippen molar-refractivity contribution in [3.63, 3.8) is 0 Å². The minimum atomic E-state index is 0.805. The second-order valence-corrected chi connectivity index (χ2v) is 5.28. The van der Waals surface area contributed by atoms with Crippen LogP contribution < -0.4 is 11.1 Å². The second-order valence-electron chi connectivity index (χ2n) is 4.07. The van der Waals surface area contributed by atoms with E-state index in [0.717, 1.165) is 34.2 Å². The average Bonchev–Trinajstić information content (AvgIpc) is 2.64. The highest BCUT2D eigenvalue weighted by molar-refractivity contribution is 7.15. The van der Waals surface area contributed by atoms with Crippen molar-refractivity contribution < 1.29 is 0 Å². The van der Waals surface area contributed by atoms with Crippen molar-refractivity contribution in [1.29, 1.82) is 0 Å². The molecule has 0 spiro atoms. The molecule has 2 rings (SSSR count). The summed E-state index contributed by atoms with van der Waals surface area (Å²) in [5.74, 6) is 0. The summed E-state index contributed by atoms with van der Waals surface area (Å²) >= 11 is 1.68. The number of nitrogens with one attached hydrogen (secondary N) is 1. The summed E-state index contributed by atoms with van der Waals surface area (Å²) < 4.78 is 0. The SMILES string of the molecule is CCc1nc(Nc2ccc(C)c(N)c2)sc1C. The lowest BCUT2D eigenvalue weighted by molar-refractivity contribution is 1.05. The summed E-state index contributed by atoms with van der Waals surface area (Å²) in [7, 11) is 0. The lowest BCUT2D eigenvalue weighted by atomic mass is 10.2. The van der Waals surface area contributed by atoms with Crippen molar-refractivity contribution in [2.24, 2.45) is 0 Å². The number of nitrogens with zero attached hydrogens (tertiary/aromatic N) is 1. The lowest BCUT2D eigenvalue weighted by Crippen LogP contribution is -1.94. The van der Waals surface area contributed by atoms with Crippen molar-refractivity contribution in [3.8, 4) is 0 Å². The van der Waals surface area contributed by atoms with Gasteiger partial charge < -0.3 is 11.1 Å². The lowest BCUT2D eigenvalue weighted by Gasteiger charge is -2.05. The maximum Gasteiger partial charge on any atom is 0.187 e. The maximum atomic E-state index is 5.88. The molecule has 0 aliphatic rings. The smallest absolute Gasteiger partial charge is 0.187 e. The van der Waals surface area contributed by atoms with Gasteiger partial charge in [0, 0.05) is 16.3 Å². The number of nitrogens with two attached hydrogens (primary N) is 1. The number of thiazole rings is 1. The molecule has 17 heavy (non-hydrogen) atoms. The molecule has 0 atom stereocenters. The Kier molecular flexibility index (Phi) is 3.33. The second kappa shape index (κ2) is 4.75. The Morgan fingerprint density at radius 3 is 2.71 bits per heavy atom. The molecule has 0 aliphatic heterocycles. The van der Waals surface area contributed by atoms with E-state index in [-0.39, 0.29) is 0 Å². The highest BCUT2D eigenvalue weighted by Gasteiger charge is 2.06. The molecule has 1 aromatic heterocycles. The molecule has 4 heteroatoms. The summed E-state index contributed by atoms with van der Waals surface area (Å²) in [6.45, 7) is 6.22. The number of hydrogen-bond donors (Lipinski definition) is 2. The first-order valence-electron chi connectivity index (χ1n) is 5.69. The van der Waals surface area contributed by atoms with E-state index in [9.17, 15) is 0 Å². The van der Waals surface area contributed by atoms with Gasteiger partial charge in [-0.05, 0) is 38.0 Å². The number of anilines is 3. The van der Waals surface area contributed by atoms with Crippen LogP contribution in [0.15, 0.2) is 18.2 Å². The predicted molar refractivity (Wildman–Crippen MR) is 75.1 cm³/mol. The van der Waals surface area contributed by atoms with E-state index in [2.05, 4.69) is 24.1 Å². The van der Waals surface area contributed by atoms with E-state index in [1.54, 1.807) is 11.3 Å². The number of aryl methyl sites for hydroxylation is 3. The van der Waals surface area contributed by atoms with Crippen LogP contribution in [0.3, 0.4) is 0 Å². The Hall–Kier alpha value is -1.55. The Bertz CT molecular complexity index is 531. The van der Waals surface area contributed by atoms with E-state index in [4.69, 9.17) is 5.73 Å². The van der Waals surface area contributed by atoms with Crippen LogP contribution in [-0.4, -0.2) is 4.98 Å². The molecule has 1 aromatic carbocycles. The van der Waals surface area contributed by atoms with E-state index in [1.165, 1.54) is 4.88 Å². The van der Waals surface area contributed by atoms with Crippen LogP contribution >= 0.6 is 11.3 Å². The summed E-state index contributed by atoms with van der Waals surface area (Å²) in [5.41, 5.74) is 9.94. The molecule has 0 fully saturated rings. The normalized spacial score (nSPS) is 10.5. The zero-order valence-corrected chi connectivity index (χ0v) is 11.2. The highest BCUT2D eigenvalue weighted by atomic mass is 32.1. The van der Waals surface area contributed by atoms with Crippen LogP contribution in [0, 0.1) is 13.8 Å². The predicted octanol–water partition coefficient (Wildman–Crippen LogP) is 3.65. The molecule has 0 amide bonds. The van der Waals surface area contributed by atoms with Crippen LogP contribution in [0.4, 0.5) is 16.5 Å². The van der Waals surface area contributed by atoms with E-state index in [1.807, 2.05) is 25.1 Å². The topological polar surface area (TPSA) is 50.9 Å². The van der Waals surface area contributed by atoms with Gasteiger partial charge in [0.25, 0.3) is 0 Å². The van der Waals surface area contributed by atoms with Crippen LogP contribution in [0.25, 0.3) is 0 Å². The fourth-order valence-electron chi connectivity index (χ4n) is 1.65. The molecule has 0 radical (unpaired) electrons. The zero-order chi connectivity index (χ0) is 12.4. The van der Waals surface area contributed by atoms with Crippen LogP contribution in [-0.2, 0) is 6.42 Å². The summed E-state index contributed by atoms with van der Waals surface area (Å²) in [5, 5.41) is 4.23. The van der Waals surface area contributed by atoms with Gasteiger partial charge in [-0.15, -0.1) is 11.3 Å². The van der Waals surface area contributed by atoms with E-state index >= 15 is 0 Å². The fraction of sp³-hybridized carbons (Fsp3) is 0.308. The molecule has 3 N–H and O–H groups in total. The highest BCUT2D eigenvalue weighted by Crippen LogP contribution is 2.27. The Morgan fingerprint density at radius 2 is 2.12 bits per heavy atom. The van der Waals surface area contributed by atoms with Crippen LogP contribution in [0.2, 0.25) is 0 Å². The summed E-state index contributed by atoms with van der Waals surface area (Å²) in [6, 6.07) is 5.98. The van der Waals surface area contributed by atoms with Crippen molar-refractivity contribution in [2.75, 3.05) is 11.1 Å². The van der Waals surface area contributed by atoms with Gasteiger partial charge in [0.05, 0.1) is 5.69 Å². The van der Waals surface area contributed by atoms with E-state index in [0.29, 0.717) is 0 Å². The molecule has 0 unspecified atom stereocenters. The first-order chi connectivity index (χ1) is 8.10. The molecule has 2 aromatic rings. The van der Waals surface area contributed by atoms with Crippen LogP contribution in [0.1, 0.15) is 23.1 Å². The van der Waals surface area contributed by atoms with Crippen molar-refractivity contribution in [3.05, 3.63) is 34.3 Å². The molecule has 0 saturated heterocycles. The third kappa shape index (κ3) is 2.58. The molecule has 1 heterocycles. The quantitative estimate of drug-likeness (QED) is 0.814. The van der Waals surface area contributed by atoms with Gasteiger partial charge in [0.1, 0.15) is 0 Å². The van der Waals surface area contributed by atoms with Gasteiger partial charge in [0.2, 0.25) is 0 Å². The maximum absolute atomic E-state index is 5.88. The molecule has 0 saturated carbocycles. The molecule has 3 nitrogen and oxygen atoms in total. The Labute approximate surface area is 106 Å². The Morgan fingerprint density at radius 1 is 1.35 bits per heavy atom. The molecule has 90 valence electrons. The first kappa shape index (κ1) is 11.9. The third-order valence-corrected chi connectivity index (χ3v) is 3.69. The first-order valence-corrected chi connectivity index (χ1v) is 6.51. The minimum Gasteiger partial charge on any atom is -0.398 e. The monoisotopic (exact) mass is 247 g/mol. The summed E-state index contributed by atoms with van der Waals surface area (Å²) in [6.07, 6.45) is 0.972. The third-order valence-electron chi connectivity index (χ3n) is 2.76. The molecular weight excluding hydrogens is 230 g/mol. The van der Waals surface area contributed by atoms with Crippen molar-refractivity contribution >= 4 is 27.8 Å². The van der Waals surface area contributed by atoms with Gasteiger partial charge in [-0.25, -0.2) is 4.98 Å². The molecule has 0 aliphatic carbocycles. The zero-order valence-electron chi connectivity index (χ0n) is 10.4. The van der Waals surface area contributed by atoms with Crippen LogP contribution in [0.5, 0.6) is 0 Å². The largest absolute Gasteiger partial charge is 0.398 e. The van der Waals surface area contributed by atoms with Crippen molar-refractivity contribution in [2.45, 2.75) is 27.2 Å². The summed E-state index contributed by atoms with van der Waals surface area (Å²) in [4.78, 5) is 5.82. The Balaban J connectivity index is 2.22. The fourth-order valence-corrected chi connectivity index (χ4v) is 2.57. The van der Waals surface area contributed by atoms with E-state index < -0.39 is 0 Å². The minimum absolute atomic E-state index is 0.805. The van der Waals surface area contributed by atoms with Gasteiger partial charge in [0.15, 0.2) is 5.13 Å².